The molecule has 8 nitrogen and oxygen atoms in total. The molecule has 1 saturated heterocycles. The standard InChI is InChI=1S/C33H37N3O5/c1-22-7-5-8-24-17-26(32(34-31(22)24)35-16-6-9-27(37)21-35)20-36(19-23-10-13-28(39-2)14-11-23)33(38)25-12-15-29(40-3)30(18-25)41-4/h5,7-8,10-15,17-18,27,37H,6,9,16,19-21H2,1-4H3. The third-order valence-corrected chi connectivity index (χ3v) is 7.61. The first-order valence-corrected chi connectivity index (χ1v) is 13.9. The molecule has 0 radical (unpaired) electrons. The number of pyridine rings is 1. The van der Waals surface area contributed by atoms with Gasteiger partial charge in [-0.3, -0.25) is 4.79 Å². The fourth-order valence-electron chi connectivity index (χ4n) is 5.43. The van der Waals surface area contributed by atoms with Crippen molar-refractivity contribution in [3.8, 4) is 17.2 Å². The van der Waals surface area contributed by atoms with Gasteiger partial charge in [-0.1, -0.05) is 30.3 Å². The number of fused-ring (bicyclic) bond motifs is 1. The minimum absolute atomic E-state index is 0.143. The van der Waals surface area contributed by atoms with E-state index < -0.39 is 6.10 Å². The van der Waals surface area contributed by atoms with Gasteiger partial charge in [-0.2, -0.15) is 0 Å². The van der Waals surface area contributed by atoms with Crippen molar-refractivity contribution in [2.45, 2.75) is 39.0 Å². The number of methoxy groups -OCH3 is 3. The van der Waals surface area contributed by atoms with E-state index in [0.717, 1.165) is 58.5 Å². The molecular formula is C33H37N3O5. The molecule has 8 heteroatoms. The minimum atomic E-state index is -0.408. The molecule has 4 aromatic rings. The van der Waals surface area contributed by atoms with Crippen LogP contribution in [0.4, 0.5) is 5.82 Å². The smallest absolute Gasteiger partial charge is 0.254 e. The van der Waals surface area contributed by atoms with Crippen LogP contribution in [0.2, 0.25) is 0 Å². The lowest BCUT2D eigenvalue weighted by Gasteiger charge is -2.34. The Morgan fingerprint density at radius 3 is 2.46 bits per heavy atom. The highest BCUT2D eigenvalue weighted by molar-refractivity contribution is 5.95. The minimum Gasteiger partial charge on any atom is -0.497 e. The van der Waals surface area contributed by atoms with Crippen molar-refractivity contribution in [3.05, 3.63) is 89.0 Å². The van der Waals surface area contributed by atoms with Gasteiger partial charge in [0.2, 0.25) is 0 Å². The summed E-state index contributed by atoms with van der Waals surface area (Å²) in [6, 6.07) is 21.2. The Balaban J connectivity index is 1.58. The van der Waals surface area contributed by atoms with Gasteiger partial charge in [-0.25, -0.2) is 4.98 Å². The summed E-state index contributed by atoms with van der Waals surface area (Å²) in [7, 11) is 4.77. The van der Waals surface area contributed by atoms with Crippen LogP contribution in [0.5, 0.6) is 17.2 Å². The summed E-state index contributed by atoms with van der Waals surface area (Å²) in [5.74, 6) is 2.48. The summed E-state index contributed by atoms with van der Waals surface area (Å²) < 4.78 is 16.2. The Hall–Kier alpha value is -4.30. The van der Waals surface area contributed by atoms with Crippen molar-refractivity contribution < 1.29 is 24.1 Å². The van der Waals surface area contributed by atoms with Gasteiger partial charge >= 0.3 is 0 Å². The Morgan fingerprint density at radius 1 is 0.976 bits per heavy atom. The molecule has 2 heterocycles. The highest BCUT2D eigenvalue weighted by Gasteiger charge is 2.25. The molecule has 0 bridgehead atoms. The second-order valence-electron chi connectivity index (χ2n) is 10.4. The first-order chi connectivity index (χ1) is 19.9. The number of ether oxygens (including phenoxy) is 3. The molecule has 1 amide bonds. The fourth-order valence-corrected chi connectivity index (χ4v) is 5.43. The molecule has 1 aliphatic rings. The summed E-state index contributed by atoms with van der Waals surface area (Å²) in [5.41, 5.74) is 4.41. The molecule has 214 valence electrons. The average molecular weight is 556 g/mol. The number of para-hydroxylation sites is 1. The van der Waals surface area contributed by atoms with Crippen molar-refractivity contribution in [1.82, 2.24) is 9.88 Å². The van der Waals surface area contributed by atoms with Crippen molar-refractivity contribution in [2.75, 3.05) is 39.3 Å². The fraction of sp³-hybridized carbons (Fsp3) is 0.333. The quantitative estimate of drug-likeness (QED) is 0.297. The molecule has 1 atom stereocenters. The number of rotatable bonds is 9. The lowest BCUT2D eigenvalue weighted by Crippen LogP contribution is -2.40. The van der Waals surface area contributed by atoms with Crippen LogP contribution in [-0.4, -0.2) is 61.4 Å². The van der Waals surface area contributed by atoms with Gasteiger partial charge in [0, 0.05) is 42.7 Å². The molecule has 1 fully saturated rings. The van der Waals surface area contributed by atoms with Gasteiger partial charge in [-0.15, -0.1) is 0 Å². The van der Waals surface area contributed by atoms with Crippen molar-refractivity contribution in [1.29, 1.82) is 0 Å². The number of carbonyl (C=O) groups is 1. The number of hydrogen-bond donors (Lipinski definition) is 1. The molecular weight excluding hydrogens is 518 g/mol. The largest absolute Gasteiger partial charge is 0.497 e. The van der Waals surface area contributed by atoms with Crippen LogP contribution < -0.4 is 19.1 Å². The first-order valence-electron chi connectivity index (χ1n) is 13.9. The lowest BCUT2D eigenvalue weighted by atomic mass is 10.0. The number of aromatic nitrogens is 1. The molecule has 0 spiro atoms. The number of nitrogens with zero attached hydrogens (tertiary/aromatic N) is 3. The van der Waals surface area contributed by atoms with Crippen molar-refractivity contribution in [2.24, 2.45) is 0 Å². The van der Waals surface area contributed by atoms with Crippen LogP contribution in [0.3, 0.4) is 0 Å². The maximum Gasteiger partial charge on any atom is 0.254 e. The maximum atomic E-state index is 14.1. The predicted octanol–water partition coefficient (Wildman–Crippen LogP) is 5.37. The summed E-state index contributed by atoms with van der Waals surface area (Å²) in [5, 5.41) is 11.5. The second kappa shape index (κ2) is 12.5. The molecule has 1 aliphatic heterocycles. The molecule has 1 aromatic heterocycles. The van der Waals surface area contributed by atoms with Crippen LogP contribution in [0.15, 0.2) is 66.7 Å². The number of carbonyl (C=O) groups excluding carboxylic acids is 1. The third-order valence-electron chi connectivity index (χ3n) is 7.61. The number of aliphatic hydroxyl groups is 1. The Labute approximate surface area is 241 Å². The highest BCUT2D eigenvalue weighted by atomic mass is 16.5. The van der Waals surface area contributed by atoms with Crippen LogP contribution in [0, 0.1) is 6.92 Å². The Morgan fingerprint density at radius 2 is 1.76 bits per heavy atom. The SMILES string of the molecule is COc1ccc(CN(Cc2cc3cccc(C)c3nc2N2CCCC(O)C2)C(=O)c2ccc(OC)c(OC)c2)cc1. The van der Waals surface area contributed by atoms with E-state index in [4.69, 9.17) is 19.2 Å². The number of amides is 1. The molecule has 5 rings (SSSR count). The summed E-state index contributed by atoms with van der Waals surface area (Å²) in [4.78, 5) is 23.2. The molecule has 0 aliphatic carbocycles. The molecule has 3 aromatic carbocycles. The first kappa shape index (κ1) is 28.2. The Kier molecular flexibility index (Phi) is 8.59. The van der Waals surface area contributed by atoms with Gasteiger partial charge in [-0.05, 0) is 67.3 Å². The van der Waals surface area contributed by atoms with Gasteiger partial charge < -0.3 is 29.1 Å². The number of aryl methyl sites for hydroxylation is 1. The Bertz CT molecular complexity index is 1520. The van der Waals surface area contributed by atoms with Crippen LogP contribution in [-0.2, 0) is 13.1 Å². The topological polar surface area (TPSA) is 84.4 Å². The number of β-amino-alcohol motifs (C(OH)–C–C–N with tert-alkyl or cyclic N) is 1. The van der Waals surface area contributed by atoms with Gasteiger partial charge in [0.25, 0.3) is 5.91 Å². The number of aliphatic hydroxyl groups excluding tert-OH is 1. The molecule has 0 saturated carbocycles. The summed E-state index contributed by atoms with van der Waals surface area (Å²) in [6.07, 6.45) is 1.25. The lowest BCUT2D eigenvalue weighted by molar-refractivity contribution is 0.0729. The zero-order chi connectivity index (χ0) is 28.9. The molecule has 41 heavy (non-hydrogen) atoms. The van der Waals surface area contributed by atoms with Gasteiger partial charge in [0.05, 0.1) is 33.0 Å². The van der Waals surface area contributed by atoms with Crippen LogP contribution >= 0.6 is 0 Å². The van der Waals surface area contributed by atoms with E-state index in [2.05, 4.69) is 30.0 Å². The van der Waals surface area contributed by atoms with Crippen molar-refractivity contribution >= 4 is 22.6 Å². The second-order valence-corrected chi connectivity index (χ2v) is 10.4. The normalized spacial score (nSPS) is 15.0. The van der Waals surface area contributed by atoms with Gasteiger partial charge in [0.15, 0.2) is 11.5 Å². The van der Waals surface area contributed by atoms with E-state index in [9.17, 15) is 9.90 Å². The predicted molar refractivity (Wildman–Crippen MR) is 160 cm³/mol. The monoisotopic (exact) mass is 555 g/mol. The summed E-state index contributed by atoms with van der Waals surface area (Å²) >= 11 is 0. The van der Waals surface area contributed by atoms with E-state index in [1.165, 1.54) is 0 Å². The maximum absolute atomic E-state index is 14.1. The number of anilines is 1. The summed E-state index contributed by atoms with van der Waals surface area (Å²) in [6.45, 7) is 4.08. The van der Waals surface area contributed by atoms with E-state index in [0.29, 0.717) is 36.7 Å². The third kappa shape index (κ3) is 6.23. The van der Waals surface area contributed by atoms with E-state index >= 15 is 0 Å². The van der Waals surface area contributed by atoms with E-state index in [-0.39, 0.29) is 5.91 Å². The zero-order valence-electron chi connectivity index (χ0n) is 24.1. The number of hydrogen-bond acceptors (Lipinski definition) is 7. The number of benzene rings is 3. The molecule has 1 N–H and O–H groups in total. The zero-order valence-corrected chi connectivity index (χ0v) is 24.1. The van der Waals surface area contributed by atoms with E-state index in [1.807, 2.05) is 35.2 Å². The highest BCUT2D eigenvalue weighted by Crippen LogP contribution is 2.32. The molecule has 1 unspecified atom stereocenters. The van der Waals surface area contributed by atoms with Crippen molar-refractivity contribution in [3.63, 3.8) is 0 Å². The van der Waals surface area contributed by atoms with Crippen LogP contribution in [0.25, 0.3) is 10.9 Å². The number of piperidine rings is 1. The van der Waals surface area contributed by atoms with Crippen LogP contribution in [0.1, 0.15) is 39.9 Å². The van der Waals surface area contributed by atoms with Gasteiger partial charge in [0.1, 0.15) is 11.6 Å². The van der Waals surface area contributed by atoms with E-state index in [1.54, 1.807) is 39.5 Å². The average Bonchev–Trinajstić information content (AvgIpc) is 3.00.